The van der Waals surface area contributed by atoms with Gasteiger partial charge in [-0.25, -0.2) is 14.6 Å². The van der Waals surface area contributed by atoms with E-state index in [0.717, 1.165) is 29.3 Å². The second-order valence-corrected chi connectivity index (χ2v) is 8.47. The zero-order valence-electron chi connectivity index (χ0n) is 18.3. The first-order valence-corrected chi connectivity index (χ1v) is 10.9. The number of ketones is 4. The predicted octanol–water partition coefficient (Wildman–Crippen LogP) is 4.53. The molecule has 2 N–H and O–H groups in total. The third-order valence-corrected chi connectivity index (χ3v) is 6.49. The van der Waals surface area contributed by atoms with Crippen molar-refractivity contribution in [1.82, 2.24) is 0 Å². The number of benzene rings is 4. The third-order valence-electron chi connectivity index (χ3n) is 6.49. The van der Waals surface area contributed by atoms with E-state index in [4.69, 9.17) is 5.84 Å². The Kier molecular flexibility index (Phi) is 4.58. The molecule has 4 aromatic carbocycles. The van der Waals surface area contributed by atoms with Crippen LogP contribution in [0.2, 0.25) is 0 Å². The van der Waals surface area contributed by atoms with Gasteiger partial charge >= 0.3 is 0 Å². The standard InChI is InChI=1S/C28H14F2N2O4/c29-13-8-10-16-19(11-13)26(34)18-4-2-5-21(23(18)27(16)35)32(31)22-6-1-3-17-24(22)28(36)20-12-14(30)7-9-15(20)25(17)33/h1-12H,31H2. The van der Waals surface area contributed by atoms with Crippen LogP contribution in [0.4, 0.5) is 20.2 Å². The van der Waals surface area contributed by atoms with Gasteiger partial charge in [-0.3, -0.25) is 24.2 Å². The number of hydrogen-bond donors (Lipinski definition) is 1. The summed E-state index contributed by atoms with van der Waals surface area (Å²) in [5.41, 5.74) is 0.234. The van der Waals surface area contributed by atoms with Crippen molar-refractivity contribution in [3.63, 3.8) is 0 Å². The monoisotopic (exact) mass is 480 g/mol. The fraction of sp³-hybridized carbons (Fsp3) is 0. The summed E-state index contributed by atoms with van der Waals surface area (Å²) in [6.07, 6.45) is 0. The molecule has 2 aliphatic carbocycles. The molecule has 36 heavy (non-hydrogen) atoms. The molecule has 0 aliphatic heterocycles. The van der Waals surface area contributed by atoms with Gasteiger partial charge in [-0.15, -0.1) is 0 Å². The van der Waals surface area contributed by atoms with Gasteiger partial charge in [0.2, 0.25) is 0 Å². The molecule has 0 heterocycles. The van der Waals surface area contributed by atoms with E-state index < -0.39 is 34.8 Å². The van der Waals surface area contributed by atoms with Crippen molar-refractivity contribution in [3.8, 4) is 0 Å². The molecule has 6 nitrogen and oxygen atoms in total. The summed E-state index contributed by atoms with van der Waals surface area (Å²) in [6.45, 7) is 0. The number of hydrazine groups is 1. The second-order valence-electron chi connectivity index (χ2n) is 8.47. The number of anilines is 2. The molecular weight excluding hydrogens is 466 g/mol. The van der Waals surface area contributed by atoms with E-state index >= 15 is 0 Å². The molecule has 0 amide bonds. The molecule has 0 aromatic heterocycles. The molecule has 0 unspecified atom stereocenters. The van der Waals surface area contributed by atoms with Crippen LogP contribution in [0, 0.1) is 11.6 Å². The molecule has 0 saturated carbocycles. The Hall–Kier alpha value is -4.82. The van der Waals surface area contributed by atoms with E-state index in [0.29, 0.717) is 0 Å². The number of hydrogen-bond acceptors (Lipinski definition) is 6. The van der Waals surface area contributed by atoms with Gasteiger partial charge in [-0.2, -0.15) is 0 Å². The minimum atomic E-state index is -0.670. The number of halogens is 2. The molecule has 0 atom stereocenters. The Bertz CT molecular complexity index is 1710. The van der Waals surface area contributed by atoms with Crippen molar-refractivity contribution in [3.05, 3.63) is 129 Å². The Labute approximate surface area is 202 Å². The van der Waals surface area contributed by atoms with E-state index in [1.54, 1.807) is 0 Å². The van der Waals surface area contributed by atoms with Crippen LogP contribution < -0.4 is 10.9 Å². The first kappa shape index (κ1) is 21.7. The lowest BCUT2D eigenvalue weighted by Crippen LogP contribution is -2.33. The van der Waals surface area contributed by atoms with Crippen molar-refractivity contribution in [1.29, 1.82) is 0 Å². The molecular formula is C28H14F2N2O4. The van der Waals surface area contributed by atoms with Crippen LogP contribution >= 0.6 is 0 Å². The normalized spacial score (nSPS) is 13.6. The largest absolute Gasteiger partial charge is 0.289 e. The van der Waals surface area contributed by atoms with Crippen molar-refractivity contribution < 1.29 is 28.0 Å². The molecule has 0 spiro atoms. The maximum atomic E-state index is 13.9. The summed E-state index contributed by atoms with van der Waals surface area (Å²) in [6, 6.07) is 15.7. The lowest BCUT2D eigenvalue weighted by molar-refractivity contribution is 0.0978. The van der Waals surface area contributed by atoms with Crippen LogP contribution in [-0.2, 0) is 0 Å². The molecule has 8 heteroatoms. The van der Waals surface area contributed by atoms with Gasteiger partial charge in [0.25, 0.3) is 0 Å². The van der Waals surface area contributed by atoms with Gasteiger partial charge < -0.3 is 0 Å². The lowest BCUT2D eigenvalue weighted by Gasteiger charge is -2.28. The highest BCUT2D eigenvalue weighted by Gasteiger charge is 2.36. The zero-order chi connectivity index (χ0) is 25.3. The van der Waals surface area contributed by atoms with Gasteiger partial charge in [0, 0.05) is 33.4 Å². The smallest absolute Gasteiger partial charge is 0.196 e. The molecule has 0 radical (unpaired) electrons. The van der Waals surface area contributed by atoms with Crippen molar-refractivity contribution in [2.24, 2.45) is 5.84 Å². The van der Waals surface area contributed by atoms with Crippen molar-refractivity contribution >= 4 is 34.5 Å². The maximum Gasteiger partial charge on any atom is 0.196 e. The van der Waals surface area contributed by atoms with Crippen LogP contribution in [0.15, 0.2) is 72.8 Å². The number of fused-ring (bicyclic) bond motifs is 4. The Morgan fingerprint density at radius 2 is 0.917 bits per heavy atom. The number of carbonyl (C=O) groups is 4. The molecule has 0 fully saturated rings. The molecule has 0 saturated heterocycles. The average molecular weight is 480 g/mol. The Balaban J connectivity index is 1.53. The van der Waals surface area contributed by atoms with E-state index in [9.17, 15) is 28.0 Å². The highest BCUT2D eigenvalue weighted by atomic mass is 19.1. The highest BCUT2D eigenvalue weighted by molar-refractivity contribution is 6.32. The fourth-order valence-corrected chi connectivity index (χ4v) is 4.83. The van der Waals surface area contributed by atoms with Gasteiger partial charge in [0.1, 0.15) is 11.6 Å². The van der Waals surface area contributed by atoms with Crippen LogP contribution in [0.1, 0.15) is 63.7 Å². The third kappa shape index (κ3) is 2.91. The average Bonchev–Trinajstić information content (AvgIpc) is 2.89. The quantitative estimate of drug-likeness (QED) is 0.289. The molecule has 6 rings (SSSR count). The van der Waals surface area contributed by atoms with E-state index in [-0.39, 0.29) is 55.9 Å². The van der Waals surface area contributed by atoms with Crippen LogP contribution in [-0.4, -0.2) is 23.1 Å². The Morgan fingerprint density at radius 3 is 1.44 bits per heavy atom. The first-order valence-electron chi connectivity index (χ1n) is 10.9. The van der Waals surface area contributed by atoms with Crippen LogP contribution in [0.25, 0.3) is 0 Å². The molecule has 4 aromatic rings. The summed E-state index contributed by atoms with van der Waals surface area (Å²) < 4.78 is 27.7. The molecule has 2 aliphatic rings. The Morgan fingerprint density at radius 1 is 0.500 bits per heavy atom. The van der Waals surface area contributed by atoms with Gasteiger partial charge in [0.15, 0.2) is 23.1 Å². The first-order chi connectivity index (χ1) is 17.3. The summed E-state index contributed by atoms with van der Waals surface area (Å²) in [5, 5.41) is 1.06. The van der Waals surface area contributed by atoms with Crippen LogP contribution in [0.5, 0.6) is 0 Å². The number of nitrogens with zero attached hydrogens (tertiary/aromatic N) is 1. The van der Waals surface area contributed by atoms with Gasteiger partial charge in [0.05, 0.1) is 22.5 Å². The number of rotatable bonds is 2. The van der Waals surface area contributed by atoms with Gasteiger partial charge in [-0.05, 0) is 48.5 Å². The topological polar surface area (TPSA) is 97.5 Å². The zero-order valence-corrected chi connectivity index (χ0v) is 18.3. The fourth-order valence-electron chi connectivity index (χ4n) is 4.83. The van der Waals surface area contributed by atoms with Gasteiger partial charge in [-0.1, -0.05) is 24.3 Å². The van der Waals surface area contributed by atoms with E-state index in [1.165, 1.54) is 48.5 Å². The van der Waals surface area contributed by atoms with Crippen molar-refractivity contribution in [2.75, 3.05) is 5.01 Å². The summed E-state index contributed by atoms with van der Waals surface area (Å²) in [4.78, 5) is 53.0. The summed E-state index contributed by atoms with van der Waals surface area (Å²) in [7, 11) is 0. The minimum Gasteiger partial charge on any atom is -0.289 e. The SMILES string of the molecule is NN(c1cccc2c1C(=O)c1ccc(F)cc1C2=O)c1cccc2c1C(=O)c1cc(F)ccc1C2=O. The molecule has 0 bridgehead atoms. The molecule has 174 valence electrons. The number of nitrogens with two attached hydrogens (primary N) is 1. The minimum absolute atomic E-state index is 0.0114. The van der Waals surface area contributed by atoms with E-state index in [2.05, 4.69) is 0 Å². The second kappa shape index (κ2) is 7.59. The highest BCUT2D eigenvalue weighted by Crippen LogP contribution is 2.39. The predicted molar refractivity (Wildman–Crippen MR) is 126 cm³/mol. The number of carbonyl (C=O) groups excluding carboxylic acids is 4. The van der Waals surface area contributed by atoms with E-state index in [1.807, 2.05) is 0 Å². The lowest BCUT2D eigenvalue weighted by atomic mass is 9.82. The summed E-state index contributed by atoms with van der Waals surface area (Å²) in [5.74, 6) is 2.99. The van der Waals surface area contributed by atoms with Crippen LogP contribution in [0.3, 0.4) is 0 Å². The summed E-state index contributed by atoms with van der Waals surface area (Å²) >= 11 is 0. The van der Waals surface area contributed by atoms with Crippen molar-refractivity contribution in [2.45, 2.75) is 0 Å². The maximum absolute atomic E-state index is 13.9.